The van der Waals surface area contributed by atoms with Gasteiger partial charge in [-0.15, -0.1) is 5.10 Å². The molecule has 0 amide bonds. The maximum absolute atomic E-state index is 5.57. The van der Waals surface area contributed by atoms with Crippen molar-refractivity contribution in [1.29, 1.82) is 0 Å². The Morgan fingerprint density at radius 2 is 2.28 bits per heavy atom. The highest BCUT2D eigenvalue weighted by Crippen LogP contribution is 2.34. The summed E-state index contributed by atoms with van der Waals surface area (Å²) in [6.45, 7) is 0.704. The first kappa shape index (κ1) is 15.7. The van der Waals surface area contributed by atoms with Crippen molar-refractivity contribution in [2.24, 2.45) is 5.10 Å². The van der Waals surface area contributed by atoms with Gasteiger partial charge in [0.2, 0.25) is 5.95 Å². The summed E-state index contributed by atoms with van der Waals surface area (Å²) in [4.78, 5) is 9.18. The molecule has 9 nitrogen and oxygen atoms in total. The molecule has 0 bridgehead atoms. The molecule has 1 aliphatic carbocycles. The molecule has 0 saturated carbocycles. The number of nitrogens with one attached hydrogen (secondary N) is 2. The predicted octanol–water partition coefficient (Wildman–Crippen LogP) is 1.23. The number of aromatic nitrogens is 5. The summed E-state index contributed by atoms with van der Waals surface area (Å²) < 4.78 is 7.38. The van der Waals surface area contributed by atoms with Crippen LogP contribution in [0.1, 0.15) is 30.2 Å². The molecule has 2 aliphatic rings. The molecule has 0 spiro atoms. The molecule has 2 aromatic heterocycles. The van der Waals surface area contributed by atoms with Gasteiger partial charge in [-0.05, 0) is 6.42 Å². The highest BCUT2D eigenvalue weighted by atomic mass is 16.5. The van der Waals surface area contributed by atoms with E-state index in [-0.39, 0.29) is 12.1 Å². The Morgan fingerprint density at radius 1 is 1.36 bits per heavy atom. The van der Waals surface area contributed by atoms with E-state index in [0.717, 1.165) is 35.5 Å². The van der Waals surface area contributed by atoms with E-state index in [4.69, 9.17) is 4.74 Å². The van der Waals surface area contributed by atoms with Crippen LogP contribution in [0.4, 0.5) is 5.95 Å². The molecular formula is C16H20N8O. The van der Waals surface area contributed by atoms with Gasteiger partial charge in [0.1, 0.15) is 17.5 Å². The van der Waals surface area contributed by atoms with E-state index in [1.54, 1.807) is 14.2 Å². The predicted molar refractivity (Wildman–Crippen MR) is 94.0 cm³/mol. The lowest BCUT2D eigenvalue weighted by atomic mass is 9.97. The first-order valence-corrected chi connectivity index (χ1v) is 8.25. The molecule has 130 valence electrons. The minimum absolute atomic E-state index is 0.0799. The summed E-state index contributed by atoms with van der Waals surface area (Å²) in [7, 11) is 3.50. The van der Waals surface area contributed by atoms with Crippen LogP contribution < -0.4 is 10.7 Å². The molecule has 2 atom stereocenters. The minimum atomic E-state index is -0.0799. The van der Waals surface area contributed by atoms with Crippen LogP contribution in [0.15, 0.2) is 17.4 Å². The smallest absolute Gasteiger partial charge is 0.223 e. The van der Waals surface area contributed by atoms with E-state index in [9.17, 15) is 0 Å². The van der Waals surface area contributed by atoms with Crippen molar-refractivity contribution in [1.82, 2.24) is 30.4 Å². The normalized spacial score (nSPS) is 21.2. The third-order valence-electron chi connectivity index (χ3n) is 4.35. The van der Waals surface area contributed by atoms with E-state index in [2.05, 4.69) is 42.2 Å². The molecule has 2 unspecified atom stereocenters. The molecule has 2 aromatic rings. The fraction of sp³-hybridized carbons (Fsp3) is 0.438. The minimum Gasteiger partial charge on any atom is -0.375 e. The number of fused-ring (bicyclic) bond motifs is 1. The lowest BCUT2D eigenvalue weighted by molar-refractivity contribution is 0.101. The average Bonchev–Trinajstić information content (AvgIpc) is 3.32. The highest BCUT2D eigenvalue weighted by Gasteiger charge is 2.24. The first-order valence-electron chi connectivity index (χ1n) is 8.25. The van der Waals surface area contributed by atoms with Crippen molar-refractivity contribution in [3.8, 4) is 11.4 Å². The maximum Gasteiger partial charge on any atom is 0.223 e. The van der Waals surface area contributed by atoms with Crippen LogP contribution in [0.3, 0.4) is 0 Å². The van der Waals surface area contributed by atoms with Crippen LogP contribution in [-0.2, 0) is 11.3 Å². The number of hydrogen-bond donors (Lipinski definition) is 2. The zero-order chi connectivity index (χ0) is 17.2. The van der Waals surface area contributed by atoms with Gasteiger partial charge < -0.3 is 15.5 Å². The van der Waals surface area contributed by atoms with Gasteiger partial charge in [0, 0.05) is 32.4 Å². The van der Waals surface area contributed by atoms with Crippen LogP contribution in [0.25, 0.3) is 17.5 Å². The number of hydrogen-bond acceptors (Lipinski definition) is 8. The summed E-state index contributed by atoms with van der Waals surface area (Å²) in [5.41, 5.74) is 6.34. The summed E-state index contributed by atoms with van der Waals surface area (Å²) in [5.74, 6) is 0.548. The van der Waals surface area contributed by atoms with Gasteiger partial charge in [-0.1, -0.05) is 17.4 Å². The van der Waals surface area contributed by atoms with Crippen molar-refractivity contribution < 1.29 is 4.74 Å². The number of anilines is 1. The van der Waals surface area contributed by atoms with Gasteiger partial charge in [0.05, 0.1) is 24.5 Å². The fourth-order valence-electron chi connectivity index (χ4n) is 3.06. The van der Waals surface area contributed by atoms with Crippen molar-refractivity contribution >= 4 is 18.2 Å². The van der Waals surface area contributed by atoms with Gasteiger partial charge in [0.15, 0.2) is 0 Å². The van der Waals surface area contributed by atoms with E-state index in [1.807, 2.05) is 23.2 Å². The Morgan fingerprint density at radius 3 is 3.04 bits per heavy atom. The second-order valence-electron chi connectivity index (χ2n) is 6.01. The van der Waals surface area contributed by atoms with Crippen molar-refractivity contribution in [2.75, 3.05) is 19.5 Å². The Bertz CT molecular complexity index is 820. The fourth-order valence-corrected chi connectivity index (χ4v) is 3.06. The van der Waals surface area contributed by atoms with E-state index in [0.29, 0.717) is 12.5 Å². The Kier molecular flexibility index (Phi) is 4.14. The Hall–Kier alpha value is -2.81. The second kappa shape index (κ2) is 6.60. The zero-order valence-corrected chi connectivity index (χ0v) is 14.2. The molecule has 0 radical (unpaired) electrons. The standard InChI is InChI=1S/C16H20N8O/c1-17-16-19-14(11-4-3-5-13(25-2)15(11)20-16)12-9-24(23-22-12)8-10-6-7-18-21-10/h3-4,7,9-10,13,21H,5-6,8H2,1-2H3,(H,17,19,20). The summed E-state index contributed by atoms with van der Waals surface area (Å²) >= 11 is 0. The van der Waals surface area contributed by atoms with E-state index >= 15 is 0 Å². The lowest BCUT2D eigenvalue weighted by Gasteiger charge is -2.21. The quantitative estimate of drug-likeness (QED) is 0.844. The molecule has 4 rings (SSSR count). The van der Waals surface area contributed by atoms with Crippen LogP contribution >= 0.6 is 0 Å². The van der Waals surface area contributed by atoms with Crippen molar-refractivity contribution in [3.05, 3.63) is 23.5 Å². The van der Waals surface area contributed by atoms with Gasteiger partial charge in [0.25, 0.3) is 0 Å². The van der Waals surface area contributed by atoms with Crippen molar-refractivity contribution in [3.63, 3.8) is 0 Å². The van der Waals surface area contributed by atoms with Gasteiger partial charge >= 0.3 is 0 Å². The molecule has 1 aliphatic heterocycles. The summed E-state index contributed by atoms with van der Waals surface area (Å²) in [6.07, 6.45) is 9.50. The molecule has 9 heteroatoms. The van der Waals surface area contributed by atoms with E-state index in [1.165, 1.54) is 0 Å². The first-order chi connectivity index (χ1) is 12.3. The molecular weight excluding hydrogens is 320 g/mol. The average molecular weight is 340 g/mol. The monoisotopic (exact) mass is 340 g/mol. The van der Waals surface area contributed by atoms with E-state index < -0.39 is 0 Å². The Balaban J connectivity index is 1.70. The number of nitrogens with zero attached hydrogens (tertiary/aromatic N) is 6. The third kappa shape index (κ3) is 2.98. The van der Waals surface area contributed by atoms with Gasteiger partial charge in [-0.25, -0.2) is 14.6 Å². The SMILES string of the molecule is CNc1nc(-c2cn(CC3CC=NN3)nn2)c2c(n1)C(OC)CC=C2. The van der Waals surface area contributed by atoms with Crippen LogP contribution in [0.5, 0.6) is 0 Å². The van der Waals surface area contributed by atoms with Crippen LogP contribution in [-0.4, -0.2) is 51.4 Å². The van der Waals surface area contributed by atoms with Gasteiger partial charge in [-0.2, -0.15) is 5.10 Å². The molecule has 3 heterocycles. The van der Waals surface area contributed by atoms with Gasteiger partial charge in [-0.3, -0.25) is 0 Å². The third-order valence-corrected chi connectivity index (χ3v) is 4.35. The van der Waals surface area contributed by atoms with Crippen molar-refractivity contribution in [2.45, 2.75) is 31.5 Å². The number of ether oxygens (including phenoxy) is 1. The lowest BCUT2D eigenvalue weighted by Crippen LogP contribution is -2.25. The maximum atomic E-state index is 5.57. The molecule has 0 aromatic carbocycles. The Labute approximate surface area is 145 Å². The second-order valence-corrected chi connectivity index (χ2v) is 6.01. The van der Waals surface area contributed by atoms with Crippen LogP contribution in [0.2, 0.25) is 0 Å². The molecule has 2 N–H and O–H groups in total. The summed E-state index contributed by atoms with van der Waals surface area (Å²) in [5, 5.41) is 15.6. The number of hydrazone groups is 1. The largest absolute Gasteiger partial charge is 0.375 e. The highest BCUT2D eigenvalue weighted by molar-refractivity contribution is 5.73. The number of methoxy groups -OCH3 is 1. The number of rotatable bonds is 5. The topological polar surface area (TPSA) is 102 Å². The summed E-state index contributed by atoms with van der Waals surface area (Å²) in [6, 6.07) is 0.250. The molecule has 25 heavy (non-hydrogen) atoms. The molecule has 0 fully saturated rings. The van der Waals surface area contributed by atoms with Crippen LogP contribution in [0, 0.1) is 0 Å². The zero-order valence-electron chi connectivity index (χ0n) is 14.2. The molecule has 0 saturated heterocycles.